The maximum Gasteiger partial charge on any atom is 0.573 e. The summed E-state index contributed by atoms with van der Waals surface area (Å²) < 4.78 is 79.2. The van der Waals surface area contributed by atoms with Crippen molar-refractivity contribution in [3.05, 3.63) is 29.3 Å². The standard InChI is InChI=1S/C14H16BF5O3/c1-11(2)12(3,4)23-13(15,22-11)7-5-8(16)10(9(17)6-7)21-14(18,19)20/h5-6H,15H2,1-4H3. The number of hydrogen-bond acceptors (Lipinski definition) is 3. The van der Waals surface area contributed by atoms with E-state index in [1.807, 2.05) is 0 Å². The molecule has 2 rings (SSSR count). The molecule has 3 nitrogen and oxygen atoms in total. The van der Waals surface area contributed by atoms with Gasteiger partial charge in [0, 0.05) is 5.56 Å². The smallest absolute Gasteiger partial charge is 0.399 e. The van der Waals surface area contributed by atoms with Crippen LogP contribution in [0.2, 0.25) is 0 Å². The highest BCUT2D eigenvalue weighted by Gasteiger charge is 2.55. The number of benzene rings is 1. The van der Waals surface area contributed by atoms with Crippen LogP contribution >= 0.6 is 0 Å². The highest BCUT2D eigenvalue weighted by Crippen LogP contribution is 2.47. The predicted molar refractivity (Wildman–Crippen MR) is 73.6 cm³/mol. The zero-order valence-electron chi connectivity index (χ0n) is 13.3. The van der Waals surface area contributed by atoms with Gasteiger partial charge in [0.05, 0.1) is 11.2 Å². The first-order valence-electron chi connectivity index (χ1n) is 6.82. The monoisotopic (exact) mass is 338 g/mol. The molecule has 1 aromatic rings. The van der Waals surface area contributed by atoms with Gasteiger partial charge in [-0.1, -0.05) is 0 Å². The number of alkyl halides is 3. The lowest BCUT2D eigenvalue weighted by molar-refractivity contribution is -0.276. The summed E-state index contributed by atoms with van der Waals surface area (Å²) in [4.78, 5) is 0. The van der Waals surface area contributed by atoms with Gasteiger partial charge in [-0.05, 0) is 39.8 Å². The molecule has 1 heterocycles. The molecular formula is C14H16BF5O3. The van der Waals surface area contributed by atoms with E-state index in [1.165, 1.54) is 7.85 Å². The summed E-state index contributed by atoms with van der Waals surface area (Å²) in [7, 11) is 1.45. The zero-order chi connectivity index (χ0) is 17.8. The molecule has 0 bridgehead atoms. The van der Waals surface area contributed by atoms with Gasteiger partial charge in [-0.15, -0.1) is 13.2 Å². The van der Waals surface area contributed by atoms with Gasteiger partial charge in [0.1, 0.15) is 0 Å². The Balaban J connectivity index is 2.43. The largest absolute Gasteiger partial charge is 0.573 e. The first-order valence-corrected chi connectivity index (χ1v) is 6.82. The van der Waals surface area contributed by atoms with E-state index < -0.39 is 40.6 Å². The second-order valence-corrected chi connectivity index (χ2v) is 6.49. The van der Waals surface area contributed by atoms with Crippen molar-refractivity contribution in [1.82, 2.24) is 0 Å². The van der Waals surface area contributed by atoms with Crippen molar-refractivity contribution in [3.63, 3.8) is 0 Å². The molecule has 0 spiro atoms. The molecule has 0 aliphatic carbocycles. The van der Waals surface area contributed by atoms with Crippen LogP contribution in [-0.2, 0) is 15.2 Å². The summed E-state index contributed by atoms with van der Waals surface area (Å²) in [5.41, 5.74) is -3.16. The summed E-state index contributed by atoms with van der Waals surface area (Å²) in [5, 5.41) is 0. The normalized spacial score (nSPS) is 22.1. The molecule has 0 aromatic heterocycles. The van der Waals surface area contributed by atoms with Crippen molar-refractivity contribution in [1.29, 1.82) is 0 Å². The molecule has 1 fully saturated rings. The molecule has 0 unspecified atom stereocenters. The van der Waals surface area contributed by atoms with Crippen LogP contribution in [0.1, 0.15) is 33.3 Å². The third kappa shape index (κ3) is 3.30. The van der Waals surface area contributed by atoms with E-state index in [0.717, 1.165) is 0 Å². The number of hydrogen-bond donors (Lipinski definition) is 0. The van der Waals surface area contributed by atoms with Crippen molar-refractivity contribution in [2.75, 3.05) is 0 Å². The van der Waals surface area contributed by atoms with E-state index >= 15 is 0 Å². The van der Waals surface area contributed by atoms with Gasteiger partial charge in [-0.2, -0.15) is 0 Å². The molecular weight excluding hydrogens is 322 g/mol. The average molecular weight is 338 g/mol. The Morgan fingerprint density at radius 3 is 1.70 bits per heavy atom. The number of halogens is 5. The Labute approximate surface area is 131 Å². The number of ether oxygens (including phenoxy) is 3. The van der Waals surface area contributed by atoms with Gasteiger partial charge in [-0.25, -0.2) is 8.78 Å². The lowest BCUT2D eigenvalue weighted by Crippen LogP contribution is -2.41. The third-order valence-corrected chi connectivity index (χ3v) is 4.09. The van der Waals surface area contributed by atoms with E-state index in [9.17, 15) is 22.0 Å². The van der Waals surface area contributed by atoms with Crippen molar-refractivity contribution in [3.8, 4) is 5.75 Å². The molecule has 0 saturated carbocycles. The van der Waals surface area contributed by atoms with E-state index in [4.69, 9.17) is 9.47 Å². The van der Waals surface area contributed by atoms with E-state index in [1.54, 1.807) is 27.7 Å². The van der Waals surface area contributed by atoms with Crippen molar-refractivity contribution in [2.45, 2.75) is 50.9 Å². The minimum atomic E-state index is -5.20. The lowest BCUT2D eigenvalue weighted by atomic mass is 9.86. The Morgan fingerprint density at radius 2 is 1.35 bits per heavy atom. The molecule has 1 aliphatic rings. The van der Waals surface area contributed by atoms with E-state index in [0.29, 0.717) is 12.1 Å². The van der Waals surface area contributed by atoms with Crippen LogP contribution in [0.3, 0.4) is 0 Å². The van der Waals surface area contributed by atoms with Crippen molar-refractivity contribution >= 4 is 7.85 Å². The van der Waals surface area contributed by atoms with Crippen LogP contribution in [0.15, 0.2) is 12.1 Å². The summed E-state index contributed by atoms with van der Waals surface area (Å²) in [5.74, 6) is -4.50. The van der Waals surface area contributed by atoms with Crippen molar-refractivity contribution in [2.24, 2.45) is 0 Å². The third-order valence-electron chi connectivity index (χ3n) is 4.09. The van der Waals surface area contributed by atoms with Crippen molar-refractivity contribution < 1.29 is 36.2 Å². The fourth-order valence-electron chi connectivity index (χ4n) is 2.39. The molecule has 9 heteroatoms. The van der Waals surface area contributed by atoms with Crippen LogP contribution in [0, 0.1) is 11.6 Å². The van der Waals surface area contributed by atoms with Crippen LogP contribution in [0.25, 0.3) is 0 Å². The van der Waals surface area contributed by atoms with Gasteiger partial charge in [0.2, 0.25) is 5.75 Å². The fraction of sp³-hybridized carbons (Fsp3) is 0.571. The van der Waals surface area contributed by atoms with Crippen LogP contribution < -0.4 is 4.74 Å². The molecule has 0 amide bonds. The Kier molecular flexibility index (Phi) is 3.97. The maximum atomic E-state index is 13.9. The Hall–Kier alpha value is -1.35. The van der Waals surface area contributed by atoms with Gasteiger partial charge < -0.3 is 14.2 Å². The van der Waals surface area contributed by atoms with Crippen LogP contribution in [0.4, 0.5) is 22.0 Å². The first-order chi connectivity index (χ1) is 10.2. The van der Waals surface area contributed by atoms with E-state index in [2.05, 4.69) is 4.74 Å². The fourth-order valence-corrected chi connectivity index (χ4v) is 2.39. The van der Waals surface area contributed by atoms with Crippen LogP contribution in [-0.4, -0.2) is 25.4 Å². The summed E-state index contributed by atoms with van der Waals surface area (Å²) in [6, 6.07) is 1.42. The summed E-state index contributed by atoms with van der Waals surface area (Å²) >= 11 is 0. The summed E-state index contributed by atoms with van der Waals surface area (Å²) in [6.45, 7) is 6.97. The Bertz CT molecular complexity index is 588. The molecule has 1 saturated heterocycles. The van der Waals surface area contributed by atoms with Gasteiger partial charge >= 0.3 is 6.36 Å². The summed E-state index contributed by atoms with van der Waals surface area (Å²) in [6.07, 6.45) is -5.20. The Morgan fingerprint density at radius 1 is 0.957 bits per heavy atom. The minimum Gasteiger partial charge on any atom is -0.399 e. The molecule has 0 N–H and O–H groups in total. The molecule has 1 aromatic carbocycles. The molecule has 0 atom stereocenters. The van der Waals surface area contributed by atoms with E-state index in [-0.39, 0.29) is 5.56 Å². The van der Waals surface area contributed by atoms with Gasteiger partial charge in [-0.3, -0.25) is 0 Å². The highest BCUT2D eigenvalue weighted by atomic mass is 19.4. The first kappa shape index (κ1) is 18.0. The van der Waals surface area contributed by atoms with Gasteiger partial charge in [0.25, 0.3) is 0 Å². The molecule has 1 aliphatic heterocycles. The quantitative estimate of drug-likeness (QED) is 0.612. The second kappa shape index (κ2) is 5.07. The lowest BCUT2D eigenvalue weighted by Gasteiger charge is -2.30. The minimum absolute atomic E-state index is 0.0827. The van der Waals surface area contributed by atoms with Gasteiger partial charge in [0.15, 0.2) is 25.2 Å². The predicted octanol–water partition coefficient (Wildman–Crippen LogP) is 3.21. The molecule has 23 heavy (non-hydrogen) atoms. The maximum absolute atomic E-state index is 13.9. The molecule has 128 valence electrons. The van der Waals surface area contributed by atoms with Crippen LogP contribution in [0.5, 0.6) is 5.75 Å². The SMILES string of the molecule is BC1(c2cc(F)c(OC(F)(F)F)c(F)c2)OC(C)(C)C(C)(C)O1. The average Bonchev–Trinajstić information content (AvgIpc) is 2.47. The topological polar surface area (TPSA) is 27.7 Å². The second-order valence-electron chi connectivity index (χ2n) is 6.49. The molecule has 0 radical (unpaired) electrons. The highest BCUT2D eigenvalue weighted by molar-refractivity contribution is 6.14. The zero-order valence-corrected chi connectivity index (χ0v) is 13.3. The number of rotatable bonds is 2.